The molecule has 2 rings (SSSR count). The van der Waals surface area contributed by atoms with E-state index in [0.717, 1.165) is 5.69 Å². The van der Waals surface area contributed by atoms with E-state index in [1.807, 2.05) is 11.9 Å². The predicted molar refractivity (Wildman–Crippen MR) is 71.2 cm³/mol. The van der Waals surface area contributed by atoms with Gasteiger partial charge in [0.1, 0.15) is 0 Å². The van der Waals surface area contributed by atoms with Crippen LogP contribution in [0.25, 0.3) is 0 Å². The number of hydrogen-bond acceptors (Lipinski definition) is 7. The van der Waals surface area contributed by atoms with Crippen LogP contribution in [-0.2, 0) is 11.3 Å². The molecule has 0 unspecified atom stereocenters. The molecule has 1 aliphatic heterocycles. The van der Waals surface area contributed by atoms with Crippen LogP contribution in [0.1, 0.15) is 18.5 Å². The quantitative estimate of drug-likeness (QED) is 0.499. The lowest BCUT2D eigenvalue weighted by molar-refractivity contribution is -0.0778. The highest BCUT2D eigenvalue weighted by atomic mass is 16.5. The summed E-state index contributed by atoms with van der Waals surface area (Å²) in [5.74, 6) is 5.77. The Morgan fingerprint density at radius 2 is 2.16 bits per heavy atom. The average Bonchev–Trinajstić information content (AvgIpc) is 2.39. The van der Waals surface area contributed by atoms with Gasteiger partial charge in [-0.1, -0.05) is 0 Å². The predicted octanol–water partition coefficient (Wildman–Crippen LogP) is -0.264. The Kier molecular flexibility index (Phi) is 4.65. The minimum absolute atomic E-state index is 0.537. The number of nitrogen functional groups attached to an aromatic ring is 1. The summed E-state index contributed by atoms with van der Waals surface area (Å²) in [7, 11) is 1.96. The van der Waals surface area contributed by atoms with Gasteiger partial charge in [0.2, 0.25) is 0 Å². The highest BCUT2D eigenvalue weighted by Crippen LogP contribution is 2.21. The normalized spacial score (nSPS) is 18.5. The van der Waals surface area contributed by atoms with E-state index in [-0.39, 0.29) is 0 Å². The number of hydrogen-bond donors (Lipinski definition) is 3. The zero-order valence-corrected chi connectivity index (χ0v) is 11.2. The molecule has 7 heteroatoms. The minimum Gasteiger partial charge on any atom is -0.388 e. The topological polar surface area (TPSA) is 96.5 Å². The number of hydrazine groups is 1. The van der Waals surface area contributed by atoms with Gasteiger partial charge < -0.3 is 15.3 Å². The summed E-state index contributed by atoms with van der Waals surface area (Å²) in [6, 6.07) is 0. The third-order valence-corrected chi connectivity index (χ3v) is 3.27. The zero-order valence-electron chi connectivity index (χ0n) is 11.2. The molecule has 4 N–H and O–H groups in total. The lowest BCUT2D eigenvalue weighted by atomic mass is 9.94. The molecular formula is C12H21N5O2. The van der Waals surface area contributed by atoms with Crippen molar-refractivity contribution in [3.63, 3.8) is 0 Å². The number of ether oxygens (including phenoxy) is 1. The van der Waals surface area contributed by atoms with Crippen LogP contribution < -0.4 is 11.3 Å². The standard InChI is InChI=1S/C12H21N5O2/c1-17(9-12(18)2-4-19-5-3-12)8-10-6-15-11(16-13)7-14-10/h6-7,18H,2-5,8-9,13H2,1H3,(H,15,16). The maximum Gasteiger partial charge on any atom is 0.158 e. The van der Waals surface area contributed by atoms with E-state index in [9.17, 15) is 5.11 Å². The first-order valence-electron chi connectivity index (χ1n) is 6.37. The molecule has 0 saturated carbocycles. The van der Waals surface area contributed by atoms with Crippen LogP contribution in [0.2, 0.25) is 0 Å². The Hall–Kier alpha value is -1.28. The summed E-state index contributed by atoms with van der Waals surface area (Å²) in [5.41, 5.74) is 2.63. The second-order valence-corrected chi connectivity index (χ2v) is 5.05. The first-order valence-corrected chi connectivity index (χ1v) is 6.37. The van der Waals surface area contributed by atoms with Crippen LogP contribution in [0, 0.1) is 0 Å². The van der Waals surface area contributed by atoms with Crippen LogP contribution in [-0.4, -0.2) is 52.4 Å². The van der Waals surface area contributed by atoms with E-state index in [2.05, 4.69) is 15.4 Å². The number of aromatic nitrogens is 2. The average molecular weight is 267 g/mol. The number of nitrogens with one attached hydrogen (secondary N) is 1. The van der Waals surface area contributed by atoms with Gasteiger partial charge in [-0.3, -0.25) is 9.88 Å². The number of anilines is 1. The van der Waals surface area contributed by atoms with Gasteiger partial charge >= 0.3 is 0 Å². The van der Waals surface area contributed by atoms with Crippen molar-refractivity contribution in [1.82, 2.24) is 14.9 Å². The van der Waals surface area contributed by atoms with E-state index in [1.54, 1.807) is 12.4 Å². The molecule has 0 amide bonds. The van der Waals surface area contributed by atoms with Gasteiger partial charge in [0.25, 0.3) is 0 Å². The smallest absolute Gasteiger partial charge is 0.158 e. The number of likely N-dealkylation sites (N-methyl/N-ethyl adjacent to an activating group) is 1. The Balaban J connectivity index is 1.87. The van der Waals surface area contributed by atoms with Crippen LogP contribution in [0.5, 0.6) is 0 Å². The van der Waals surface area contributed by atoms with E-state index < -0.39 is 5.60 Å². The van der Waals surface area contributed by atoms with Crippen molar-refractivity contribution in [3.8, 4) is 0 Å². The van der Waals surface area contributed by atoms with Gasteiger partial charge in [-0.25, -0.2) is 10.8 Å². The maximum absolute atomic E-state index is 10.4. The lowest BCUT2D eigenvalue weighted by Crippen LogP contribution is -2.45. The van der Waals surface area contributed by atoms with Crippen molar-refractivity contribution >= 4 is 5.82 Å². The number of rotatable bonds is 5. The molecule has 106 valence electrons. The molecule has 7 nitrogen and oxygen atoms in total. The molecule has 1 aromatic heterocycles. The molecule has 1 aliphatic rings. The van der Waals surface area contributed by atoms with Gasteiger partial charge in [0.05, 0.1) is 23.7 Å². The first kappa shape index (κ1) is 14.1. The summed E-state index contributed by atoms with van der Waals surface area (Å²) in [5, 5.41) is 10.4. The molecule has 0 atom stereocenters. The molecule has 2 heterocycles. The fourth-order valence-corrected chi connectivity index (χ4v) is 2.26. The van der Waals surface area contributed by atoms with Crippen LogP contribution in [0.3, 0.4) is 0 Å². The molecule has 1 saturated heterocycles. The molecule has 1 aromatic rings. The van der Waals surface area contributed by atoms with Gasteiger partial charge in [-0.15, -0.1) is 0 Å². The van der Waals surface area contributed by atoms with Crippen LogP contribution >= 0.6 is 0 Å². The zero-order chi connectivity index (χ0) is 13.7. The first-order chi connectivity index (χ1) is 9.11. The van der Waals surface area contributed by atoms with Gasteiger partial charge in [-0.2, -0.15) is 0 Å². The fraction of sp³-hybridized carbons (Fsp3) is 0.667. The molecule has 0 bridgehead atoms. The highest BCUT2D eigenvalue weighted by Gasteiger charge is 2.30. The summed E-state index contributed by atoms with van der Waals surface area (Å²) < 4.78 is 5.27. The number of nitrogens with two attached hydrogens (primary N) is 1. The van der Waals surface area contributed by atoms with Gasteiger partial charge in [-0.05, 0) is 7.05 Å². The SMILES string of the molecule is CN(Cc1cnc(NN)cn1)CC1(O)CCOCC1. The van der Waals surface area contributed by atoms with Gasteiger partial charge in [0, 0.05) is 39.1 Å². The summed E-state index contributed by atoms with van der Waals surface area (Å²) in [6.45, 7) is 2.50. The molecule has 0 spiro atoms. The molecule has 1 fully saturated rings. The van der Waals surface area contributed by atoms with E-state index >= 15 is 0 Å². The third kappa shape index (κ3) is 4.10. The monoisotopic (exact) mass is 267 g/mol. The summed E-state index contributed by atoms with van der Waals surface area (Å²) in [4.78, 5) is 10.4. The minimum atomic E-state index is -0.654. The highest BCUT2D eigenvalue weighted by molar-refractivity contribution is 5.28. The molecule has 0 aliphatic carbocycles. The Morgan fingerprint density at radius 3 is 2.74 bits per heavy atom. The van der Waals surface area contributed by atoms with Crippen molar-refractivity contribution in [2.24, 2.45) is 5.84 Å². The molecule has 0 aromatic carbocycles. The molecular weight excluding hydrogens is 246 g/mol. The fourth-order valence-electron chi connectivity index (χ4n) is 2.26. The number of aliphatic hydroxyl groups is 1. The molecule has 19 heavy (non-hydrogen) atoms. The van der Waals surface area contributed by atoms with Gasteiger partial charge in [0.15, 0.2) is 5.82 Å². The number of nitrogens with zero attached hydrogens (tertiary/aromatic N) is 3. The van der Waals surface area contributed by atoms with Crippen molar-refractivity contribution in [1.29, 1.82) is 0 Å². The van der Waals surface area contributed by atoms with Crippen molar-refractivity contribution in [3.05, 3.63) is 18.1 Å². The Bertz CT molecular complexity index is 392. The third-order valence-electron chi connectivity index (χ3n) is 3.27. The van der Waals surface area contributed by atoms with E-state index in [0.29, 0.717) is 45.0 Å². The van der Waals surface area contributed by atoms with Crippen LogP contribution in [0.15, 0.2) is 12.4 Å². The second kappa shape index (κ2) is 6.25. The van der Waals surface area contributed by atoms with Crippen molar-refractivity contribution in [2.75, 3.05) is 32.2 Å². The molecule has 0 radical (unpaired) electrons. The Morgan fingerprint density at radius 1 is 1.42 bits per heavy atom. The van der Waals surface area contributed by atoms with Crippen molar-refractivity contribution < 1.29 is 9.84 Å². The second-order valence-electron chi connectivity index (χ2n) is 5.05. The van der Waals surface area contributed by atoms with E-state index in [1.165, 1.54) is 0 Å². The summed E-state index contributed by atoms with van der Waals surface area (Å²) in [6.07, 6.45) is 4.63. The largest absolute Gasteiger partial charge is 0.388 e. The summed E-state index contributed by atoms with van der Waals surface area (Å²) >= 11 is 0. The van der Waals surface area contributed by atoms with Crippen LogP contribution in [0.4, 0.5) is 5.82 Å². The Labute approximate surface area is 112 Å². The van der Waals surface area contributed by atoms with E-state index in [4.69, 9.17) is 10.6 Å². The lowest BCUT2D eigenvalue weighted by Gasteiger charge is -2.35. The van der Waals surface area contributed by atoms with Crippen molar-refractivity contribution in [2.45, 2.75) is 25.0 Å². The maximum atomic E-state index is 10.4.